The Kier molecular flexibility index (Phi) is 9.07. The maximum atomic E-state index is 13.9. The van der Waals surface area contributed by atoms with Crippen molar-refractivity contribution in [2.24, 2.45) is 16.9 Å². The molecule has 4 rings (SSSR count). The molecule has 1 aliphatic heterocycles. The van der Waals surface area contributed by atoms with Crippen LogP contribution in [0.2, 0.25) is 0 Å². The zero-order chi connectivity index (χ0) is 28.0. The first kappa shape index (κ1) is 28.8. The van der Waals surface area contributed by atoms with Crippen molar-refractivity contribution in [1.29, 1.82) is 0 Å². The summed E-state index contributed by atoms with van der Waals surface area (Å²) in [6, 6.07) is 10.6. The van der Waals surface area contributed by atoms with Crippen LogP contribution in [0, 0.1) is 5.41 Å². The first-order valence-electron chi connectivity index (χ1n) is 13.6. The number of esters is 1. The number of primary amides is 1. The number of hydrogen-bond acceptors (Lipinski definition) is 7. The molecule has 1 unspecified atom stereocenters. The molecule has 2 fully saturated rings. The lowest BCUT2D eigenvalue weighted by Gasteiger charge is -2.43. The van der Waals surface area contributed by atoms with E-state index in [-0.39, 0.29) is 11.8 Å². The Morgan fingerprint density at radius 2 is 1.69 bits per heavy atom. The van der Waals surface area contributed by atoms with Crippen LogP contribution in [0.5, 0.6) is 0 Å². The smallest absolute Gasteiger partial charge is 0.313 e. The summed E-state index contributed by atoms with van der Waals surface area (Å²) in [6.45, 7) is 2.17. The van der Waals surface area contributed by atoms with E-state index in [0.717, 1.165) is 29.7 Å². The molecule has 2 aliphatic rings. The number of hydrogen-bond donors (Lipinski definition) is 3. The van der Waals surface area contributed by atoms with Crippen LogP contribution in [-0.4, -0.2) is 53.3 Å². The largest absolute Gasteiger partial charge is 0.449 e. The minimum Gasteiger partial charge on any atom is -0.449 e. The summed E-state index contributed by atoms with van der Waals surface area (Å²) >= 11 is 1.57. The van der Waals surface area contributed by atoms with Crippen molar-refractivity contribution in [2.45, 2.75) is 76.4 Å². The Bertz CT molecular complexity index is 1170. The first-order chi connectivity index (χ1) is 18.6. The van der Waals surface area contributed by atoms with Gasteiger partial charge < -0.3 is 26.4 Å². The summed E-state index contributed by atoms with van der Waals surface area (Å²) in [6.07, 6.45) is 5.00. The number of carbonyl (C=O) groups is 4. The maximum Gasteiger partial charge on any atom is 0.313 e. The van der Waals surface area contributed by atoms with Crippen LogP contribution >= 0.6 is 11.3 Å². The summed E-state index contributed by atoms with van der Waals surface area (Å²) < 4.78 is 6.05. The van der Waals surface area contributed by atoms with E-state index < -0.39 is 28.9 Å². The number of likely N-dealkylation sites (tertiary alicyclic amines) is 1. The highest BCUT2D eigenvalue weighted by molar-refractivity contribution is 7.09. The lowest BCUT2D eigenvalue weighted by Crippen LogP contribution is -2.55. The average Bonchev–Trinajstić information content (AvgIpc) is 3.43. The molecule has 1 aromatic carbocycles. The van der Waals surface area contributed by atoms with Crippen molar-refractivity contribution in [2.75, 3.05) is 18.4 Å². The predicted molar refractivity (Wildman–Crippen MR) is 150 cm³/mol. The second-order valence-electron chi connectivity index (χ2n) is 10.9. The number of ether oxygens (including phenoxy) is 1. The molecule has 1 saturated heterocycles. The molecule has 2 heterocycles. The number of amides is 3. The van der Waals surface area contributed by atoms with Gasteiger partial charge in [-0.1, -0.05) is 24.6 Å². The van der Waals surface area contributed by atoms with Crippen molar-refractivity contribution in [3.63, 3.8) is 0 Å². The van der Waals surface area contributed by atoms with E-state index in [1.165, 1.54) is 6.92 Å². The van der Waals surface area contributed by atoms with Crippen molar-refractivity contribution in [3.05, 3.63) is 52.2 Å². The highest BCUT2D eigenvalue weighted by Crippen LogP contribution is 2.41. The van der Waals surface area contributed by atoms with Gasteiger partial charge in [-0.25, -0.2) is 0 Å². The molecule has 0 spiro atoms. The SMILES string of the molecule is CC(=O)Nc1ccc(CC2(C(=O)OC3(C(N)=O)CCCCC3)CCN(C(=O)C(N)Cc3cccs3)CC2)cc1. The fraction of sp³-hybridized carbons (Fsp3) is 0.517. The Balaban J connectivity index is 1.52. The summed E-state index contributed by atoms with van der Waals surface area (Å²) in [7, 11) is 0. The number of benzene rings is 1. The van der Waals surface area contributed by atoms with Crippen molar-refractivity contribution < 1.29 is 23.9 Å². The minimum absolute atomic E-state index is 0.133. The topological polar surface area (TPSA) is 145 Å². The van der Waals surface area contributed by atoms with Gasteiger partial charge >= 0.3 is 5.97 Å². The molecule has 5 N–H and O–H groups in total. The third kappa shape index (κ3) is 6.86. The third-order valence-corrected chi connectivity index (χ3v) is 8.90. The molecule has 1 saturated carbocycles. The van der Waals surface area contributed by atoms with E-state index in [1.807, 2.05) is 29.6 Å². The van der Waals surface area contributed by atoms with Crippen LogP contribution < -0.4 is 16.8 Å². The Hall–Kier alpha value is -3.24. The predicted octanol–water partition coefficient (Wildman–Crippen LogP) is 3.16. The molecule has 39 heavy (non-hydrogen) atoms. The van der Waals surface area contributed by atoms with E-state index in [4.69, 9.17) is 16.2 Å². The summed E-state index contributed by atoms with van der Waals surface area (Å²) in [5, 5.41) is 4.71. The molecule has 0 bridgehead atoms. The van der Waals surface area contributed by atoms with Gasteiger partial charge in [0.2, 0.25) is 11.8 Å². The van der Waals surface area contributed by atoms with Crippen LogP contribution in [0.25, 0.3) is 0 Å². The number of carbonyl (C=O) groups excluding carboxylic acids is 4. The van der Waals surface area contributed by atoms with Gasteiger partial charge in [0.05, 0.1) is 11.5 Å². The van der Waals surface area contributed by atoms with Gasteiger partial charge in [-0.05, 0) is 74.1 Å². The van der Waals surface area contributed by atoms with Gasteiger partial charge in [-0.15, -0.1) is 11.3 Å². The molecule has 9 nitrogen and oxygen atoms in total. The third-order valence-electron chi connectivity index (χ3n) is 8.00. The normalized spacial score (nSPS) is 19.1. The Labute approximate surface area is 233 Å². The molecule has 1 atom stereocenters. The van der Waals surface area contributed by atoms with Crippen LogP contribution in [0.1, 0.15) is 62.3 Å². The minimum atomic E-state index is -1.28. The Morgan fingerprint density at radius 1 is 1.03 bits per heavy atom. The molecule has 10 heteroatoms. The van der Waals surface area contributed by atoms with Crippen LogP contribution in [-0.2, 0) is 36.8 Å². The number of nitrogens with zero attached hydrogens (tertiary/aromatic N) is 1. The van der Waals surface area contributed by atoms with E-state index in [1.54, 1.807) is 28.4 Å². The highest BCUT2D eigenvalue weighted by Gasteiger charge is 2.49. The molecular weight excluding hydrogens is 516 g/mol. The van der Waals surface area contributed by atoms with Crippen LogP contribution in [0.15, 0.2) is 41.8 Å². The van der Waals surface area contributed by atoms with Gasteiger partial charge in [0.15, 0.2) is 5.60 Å². The molecule has 0 radical (unpaired) electrons. The van der Waals surface area contributed by atoms with Gasteiger partial charge in [0.1, 0.15) is 0 Å². The van der Waals surface area contributed by atoms with Crippen molar-refractivity contribution >= 4 is 40.7 Å². The van der Waals surface area contributed by atoms with E-state index in [2.05, 4.69) is 5.32 Å². The second kappa shape index (κ2) is 12.3. The van der Waals surface area contributed by atoms with E-state index >= 15 is 0 Å². The molecular formula is C29H38N4O5S. The zero-order valence-electron chi connectivity index (χ0n) is 22.4. The molecule has 1 aliphatic carbocycles. The average molecular weight is 555 g/mol. The number of nitrogens with two attached hydrogens (primary N) is 2. The number of thiophene rings is 1. The number of nitrogens with one attached hydrogen (secondary N) is 1. The zero-order valence-corrected chi connectivity index (χ0v) is 23.3. The van der Waals surface area contributed by atoms with Gasteiger partial charge in [-0.3, -0.25) is 19.2 Å². The molecule has 210 valence electrons. The van der Waals surface area contributed by atoms with E-state index in [0.29, 0.717) is 57.3 Å². The lowest BCUT2D eigenvalue weighted by atomic mass is 9.73. The summed E-state index contributed by atoms with van der Waals surface area (Å²) in [4.78, 5) is 53.7. The van der Waals surface area contributed by atoms with Crippen molar-refractivity contribution in [3.8, 4) is 0 Å². The second-order valence-corrected chi connectivity index (χ2v) is 11.9. The molecule has 1 aromatic heterocycles. The van der Waals surface area contributed by atoms with Crippen LogP contribution in [0.4, 0.5) is 5.69 Å². The standard InChI is InChI=1S/C29H38N4O5S/c1-20(34)32-22-9-7-21(8-10-22)19-28(27(37)38-29(26(31)36)11-3-2-4-12-29)13-15-33(16-14-28)25(35)24(30)18-23-6-5-17-39-23/h5-10,17,24H,2-4,11-16,18-19,30H2,1H3,(H2,31,36)(H,32,34). The quantitative estimate of drug-likeness (QED) is 0.406. The lowest BCUT2D eigenvalue weighted by molar-refractivity contribution is -0.183. The highest BCUT2D eigenvalue weighted by atomic mass is 32.1. The maximum absolute atomic E-state index is 13.9. The van der Waals surface area contributed by atoms with Crippen LogP contribution in [0.3, 0.4) is 0 Å². The number of piperidine rings is 1. The summed E-state index contributed by atoms with van der Waals surface area (Å²) in [5.74, 6) is -1.34. The van der Waals surface area contributed by atoms with Gasteiger partial charge in [0.25, 0.3) is 5.91 Å². The van der Waals surface area contributed by atoms with Crippen molar-refractivity contribution in [1.82, 2.24) is 4.90 Å². The fourth-order valence-corrected chi connectivity index (χ4v) is 6.45. The number of rotatable bonds is 9. The fourth-order valence-electron chi connectivity index (χ4n) is 5.68. The monoisotopic (exact) mass is 554 g/mol. The molecule has 2 aromatic rings. The van der Waals surface area contributed by atoms with Gasteiger partial charge in [0, 0.05) is 37.0 Å². The Morgan fingerprint density at radius 3 is 2.26 bits per heavy atom. The molecule has 3 amide bonds. The summed E-state index contributed by atoms with van der Waals surface area (Å²) in [5.41, 5.74) is 11.4. The van der Waals surface area contributed by atoms with Gasteiger partial charge in [-0.2, -0.15) is 0 Å². The first-order valence-corrected chi connectivity index (χ1v) is 14.5. The van der Waals surface area contributed by atoms with E-state index in [9.17, 15) is 19.2 Å². The number of anilines is 1.